The number of phenols is 1. The zero-order valence-electron chi connectivity index (χ0n) is 12.9. The minimum absolute atomic E-state index is 0.0382. The molecule has 8 nitrogen and oxygen atoms in total. The number of hydrogen-bond acceptors (Lipinski definition) is 6. The van der Waals surface area contributed by atoms with Crippen molar-refractivity contribution in [1.82, 2.24) is 5.43 Å². The molecule has 0 spiro atoms. The molecule has 1 amide bonds. The molecular weight excluding hydrogens is 312 g/mol. The van der Waals surface area contributed by atoms with Gasteiger partial charge in [-0.15, -0.1) is 0 Å². The number of aryl methyl sites for hydroxylation is 1. The average molecular weight is 328 g/mol. The first-order chi connectivity index (χ1) is 11.5. The van der Waals surface area contributed by atoms with Gasteiger partial charge in [-0.3, -0.25) is 14.9 Å². The molecule has 0 aliphatic heterocycles. The normalized spacial score (nSPS) is 10.5. The number of carbonyl (C=O) groups excluding carboxylic acids is 1. The fourth-order valence-corrected chi connectivity index (χ4v) is 1.92. The topological polar surface area (TPSA) is 117 Å². The van der Waals surface area contributed by atoms with E-state index >= 15 is 0 Å². The Labute approximate surface area is 138 Å². The molecule has 0 atom stereocenters. The summed E-state index contributed by atoms with van der Waals surface area (Å²) in [5, 5.41) is 26.8. The van der Waals surface area contributed by atoms with E-state index in [0.717, 1.165) is 17.3 Å². The number of nitro groups is 1. The van der Waals surface area contributed by atoms with Crippen molar-refractivity contribution in [3.63, 3.8) is 0 Å². The Hall–Kier alpha value is -3.42. The Balaban J connectivity index is 1.88. The molecule has 3 N–H and O–H groups in total. The molecule has 8 heteroatoms. The van der Waals surface area contributed by atoms with Gasteiger partial charge < -0.3 is 10.4 Å². The van der Waals surface area contributed by atoms with E-state index in [9.17, 15) is 20.0 Å². The maximum atomic E-state index is 11.7. The molecule has 124 valence electrons. The second kappa shape index (κ2) is 7.73. The number of phenolic OH excluding ortho intramolecular Hbond substituents is 1. The van der Waals surface area contributed by atoms with Crippen molar-refractivity contribution >= 4 is 23.5 Å². The van der Waals surface area contributed by atoms with Crippen molar-refractivity contribution in [2.24, 2.45) is 5.10 Å². The maximum Gasteiger partial charge on any atom is 0.311 e. The largest absolute Gasteiger partial charge is 0.502 e. The van der Waals surface area contributed by atoms with Gasteiger partial charge in [-0.1, -0.05) is 12.1 Å². The Kier molecular flexibility index (Phi) is 5.45. The summed E-state index contributed by atoms with van der Waals surface area (Å²) >= 11 is 0. The zero-order chi connectivity index (χ0) is 17.5. The molecule has 0 saturated heterocycles. The third kappa shape index (κ3) is 4.80. The third-order valence-electron chi connectivity index (χ3n) is 3.07. The van der Waals surface area contributed by atoms with Gasteiger partial charge in [0.25, 0.3) is 5.91 Å². The monoisotopic (exact) mass is 328 g/mol. The van der Waals surface area contributed by atoms with Gasteiger partial charge in [0, 0.05) is 17.3 Å². The highest BCUT2D eigenvalue weighted by Crippen LogP contribution is 2.25. The molecule has 0 aliphatic rings. The molecule has 0 unspecified atom stereocenters. The minimum atomic E-state index is -0.697. The number of nitro benzene ring substituents is 1. The lowest BCUT2D eigenvalue weighted by molar-refractivity contribution is -0.385. The highest BCUT2D eigenvalue weighted by atomic mass is 16.6. The number of amides is 1. The highest BCUT2D eigenvalue weighted by molar-refractivity contribution is 5.85. The molecule has 0 radical (unpaired) electrons. The number of nitrogens with zero attached hydrogens (tertiary/aromatic N) is 2. The van der Waals surface area contributed by atoms with Crippen molar-refractivity contribution < 1.29 is 14.8 Å². The van der Waals surface area contributed by atoms with Crippen LogP contribution in [0.4, 0.5) is 11.4 Å². The summed E-state index contributed by atoms with van der Waals surface area (Å²) in [6.07, 6.45) is 1.26. The van der Waals surface area contributed by atoms with Crippen LogP contribution in [0.15, 0.2) is 47.6 Å². The van der Waals surface area contributed by atoms with Crippen molar-refractivity contribution in [3.05, 3.63) is 63.7 Å². The Morgan fingerprint density at radius 3 is 2.83 bits per heavy atom. The zero-order valence-corrected chi connectivity index (χ0v) is 12.9. The second-order valence-corrected chi connectivity index (χ2v) is 5.02. The van der Waals surface area contributed by atoms with Crippen molar-refractivity contribution in [3.8, 4) is 5.75 Å². The van der Waals surface area contributed by atoms with Crippen LogP contribution in [0.5, 0.6) is 5.75 Å². The van der Waals surface area contributed by atoms with Gasteiger partial charge in [-0.2, -0.15) is 5.10 Å². The van der Waals surface area contributed by atoms with Crippen LogP contribution >= 0.6 is 0 Å². The average Bonchev–Trinajstić information content (AvgIpc) is 2.54. The van der Waals surface area contributed by atoms with Crippen LogP contribution in [0.2, 0.25) is 0 Å². The minimum Gasteiger partial charge on any atom is -0.502 e. The van der Waals surface area contributed by atoms with Gasteiger partial charge in [0.1, 0.15) is 0 Å². The number of carbonyl (C=O) groups is 1. The van der Waals surface area contributed by atoms with Gasteiger partial charge in [0.2, 0.25) is 0 Å². The summed E-state index contributed by atoms with van der Waals surface area (Å²) in [7, 11) is 0. The van der Waals surface area contributed by atoms with E-state index in [1.54, 1.807) is 0 Å². The molecule has 0 bridgehead atoms. The van der Waals surface area contributed by atoms with E-state index in [0.29, 0.717) is 5.56 Å². The lowest BCUT2D eigenvalue weighted by Gasteiger charge is -2.05. The molecule has 0 fully saturated rings. The Morgan fingerprint density at radius 2 is 2.12 bits per heavy atom. The molecule has 24 heavy (non-hydrogen) atoms. The summed E-state index contributed by atoms with van der Waals surface area (Å²) < 4.78 is 0. The first-order valence-electron chi connectivity index (χ1n) is 7.05. The Morgan fingerprint density at radius 1 is 1.33 bits per heavy atom. The van der Waals surface area contributed by atoms with Gasteiger partial charge >= 0.3 is 5.69 Å². The molecule has 2 aromatic carbocycles. The third-order valence-corrected chi connectivity index (χ3v) is 3.07. The van der Waals surface area contributed by atoms with E-state index < -0.39 is 16.4 Å². The standard InChI is InChI=1S/C16H16N4O4/c1-11-3-2-4-13(7-11)17-10-16(22)19-18-9-12-5-6-15(21)14(8-12)20(23)24/h2-9,17,21H,10H2,1H3,(H,19,22)/b18-9-. The SMILES string of the molecule is Cc1cccc(NCC(=O)N/N=C\c2ccc(O)c([N+](=O)[O-])c2)c1. The molecule has 0 heterocycles. The molecule has 0 saturated carbocycles. The number of hydrogen-bond donors (Lipinski definition) is 3. The van der Waals surface area contributed by atoms with E-state index in [4.69, 9.17) is 0 Å². The van der Waals surface area contributed by atoms with Crippen LogP contribution in [-0.4, -0.2) is 28.7 Å². The van der Waals surface area contributed by atoms with Crippen molar-refractivity contribution in [2.75, 3.05) is 11.9 Å². The van der Waals surface area contributed by atoms with Crippen molar-refractivity contribution in [1.29, 1.82) is 0 Å². The van der Waals surface area contributed by atoms with Crippen LogP contribution < -0.4 is 10.7 Å². The molecule has 2 aromatic rings. The first kappa shape index (κ1) is 16.9. The molecule has 0 aromatic heterocycles. The Bertz CT molecular complexity index is 789. The molecular formula is C16H16N4O4. The summed E-state index contributed by atoms with van der Waals surface area (Å²) in [6.45, 7) is 1.99. The molecule has 2 rings (SSSR count). The summed E-state index contributed by atoms with van der Waals surface area (Å²) in [5.74, 6) is -0.787. The van der Waals surface area contributed by atoms with Crippen molar-refractivity contribution in [2.45, 2.75) is 6.92 Å². The first-order valence-corrected chi connectivity index (χ1v) is 7.05. The lowest BCUT2D eigenvalue weighted by Crippen LogP contribution is -2.25. The predicted octanol–water partition coefficient (Wildman–Crippen LogP) is 2.17. The number of nitrogens with one attached hydrogen (secondary N) is 2. The van der Waals surface area contributed by atoms with Gasteiger partial charge in [-0.05, 0) is 36.8 Å². The number of hydrazone groups is 1. The van der Waals surface area contributed by atoms with Crippen LogP contribution in [0.3, 0.4) is 0 Å². The van der Waals surface area contributed by atoms with E-state index in [-0.39, 0.29) is 12.5 Å². The summed E-state index contributed by atoms with van der Waals surface area (Å²) in [5.41, 5.74) is 4.17. The summed E-state index contributed by atoms with van der Waals surface area (Å²) in [4.78, 5) is 21.7. The number of anilines is 1. The van der Waals surface area contributed by atoms with Crippen LogP contribution in [0.25, 0.3) is 0 Å². The van der Waals surface area contributed by atoms with E-state index in [1.807, 2.05) is 31.2 Å². The van der Waals surface area contributed by atoms with Crippen LogP contribution in [-0.2, 0) is 4.79 Å². The fourth-order valence-electron chi connectivity index (χ4n) is 1.92. The quantitative estimate of drug-likeness (QED) is 0.427. The molecule has 0 aliphatic carbocycles. The smallest absolute Gasteiger partial charge is 0.311 e. The van der Waals surface area contributed by atoms with E-state index in [1.165, 1.54) is 18.3 Å². The lowest BCUT2D eigenvalue weighted by atomic mass is 10.2. The van der Waals surface area contributed by atoms with Crippen LogP contribution in [0.1, 0.15) is 11.1 Å². The van der Waals surface area contributed by atoms with Gasteiger partial charge in [-0.25, -0.2) is 5.43 Å². The fraction of sp³-hybridized carbons (Fsp3) is 0.125. The maximum absolute atomic E-state index is 11.7. The number of rotatable bonds is 6. The number of benzene rings is 2. The van der Waals surface area contributed by atoms with Gasteiger partial charge in [0.05, 0.1) is 17.7 Å². The van der Waals surface area contributed by atoms with E-state index in [2.05, 4.69) is 15.8 Å². The predicted molar refractivity (Wildman–Crippen MR) is 90.2 cm³/mol. The van der Waals surface area contributed by atoms with Crippen LogP contribution in [0, 0.1) is 17.0 Å². The highest BCUT2D eigenvalue weighted by Gasteiger charge is 2.12. The van der Waals surface area contributed by atoms with Gasteiger partial charge in [0.15, 0.2) is 5.75 Å². The summed E-state index contributed by atoms with van der Waals surface area (Å²) in [6, 6.07) is 11.4. The second-order valence-electron chi connectivity index (χ2n) is 5.02. The number of aromatic hydroxyl groups is 1.